The van der Waals surface area contributed by atoms with Gasteiger partial charge in [-0.05, 0) is 52.3 Å². The quantitative estimate of drug-likeness (QED) is 0.910. The molecule has 19 heavy (non-hydrogen) atoms. The molecule has 0 saturated carbocycles. The lowest BCUT2D eigenvalue weighted by atomic mass is 9.97. The summed E-state index contributed by atoms with van der Waals surface area (Å²) in [5.74, 6) is 0. The smallest absolute Gasteiger partial charge is 0.0808 e. The molecule has 0 unspecified atom stereocenters. The van der Waals surface area contributed by atoms with Crippen molar-refractivity contribution < 1.29 is 4.74 Å². The van der Waals surface area contributed by atoms with E-state index in [1.807, 2.05) is 0 Å². The summed E-state index contributed by atoms with van der Waals surface area (Å²) in [6.07, 6.45) is 0.925. The molecule has 106 valence electrons. The largest absolute Gasteiger partial charge is 0.366 e. The summed E-state index contributed by atoms with van der Waals surface area (Å²) in [6.45, 7) is 11.2. The molecule has 0 spiro atoms. The van der Waals surface area contributed by atoms with Crippen LogP contribution in [0.1, 0.15) is 33.3 Å². The van der Waals surface area contributed by atoms with E-state index in [0.29, 0.717) is 6.54 Å². The molecule has 1 aliphatic rings. The van der Waals surface area contributed by atoms with Crippen molar-refractivity contribution in [1.29, 1.82) is 0 Å². The van der Waals surface area contributed by atoms with Gasteiger partial charge in [0.25, 0.3) is 0 Å². The van der Waals surface area contributed by atoms with E-state index < -0.39 is 0 Å². The highest BCUT2D eigenvalue weighted by Gasteiger charge is 2.38. The van der Waals surface area contributed by atoms with Gasteiger partial charge in [-0.15, -0.1) is 0 Å². The summed E-state index contributed by atoms with van der Waals surface area (Å²) in [5, 5.41) is 0. The summed E-state index contributed by atoms with van der Waals surface area (Å²) in [7, 11) is 0. The molecule has 0 radical (unpaired) electrons. The normalized spacial score (nSPS) is 21.4. The first-order valence-electron chi connectivity index (χ1n) is 7.06. The molecule has 3 nitrogen and oxygen atoms in total. The SMILES string of the molecule is CC1(C)CN(c2ccccc2CCN)CC(C)(C)O1. The summed E-state index contributed by atoms with van der Waals surface area (Å²) < 4.78 is 6.15. The van der Waals surface area contributed by atoms with Gasteiger partial charge in [0, 0.05) is 18.8 Å². The van der Waals surface area contributed by atoms with Crippen molar-refractivity contribution in [1.82, 2.24) is 0 Å². The molecule has 0 aromatic heterocycles. The fourth-order valence-electron chi connectivity index (χ4n) is 3.14. The molecular formula is C16H26N2O. The van der Waals surface area contributed by atoms with Crippen molar-refractivity contribution in [2.45, 2.75) is 45.3 Å². The van der Waals surface area contributed by atoms with E-state index >= 15 is 0 Å². The van der Waals surface area contributed by atoms with Gasteiger partial charge in [-0.1, -0.05) is 18.2 Å². The maximum atomic E-state index is 6.15. The number of rotatable bonds is 3. The lowest BCUT2D eigenvalue weighted by molar-refractivity contribution is -0.133. The van der Waals surface area contributed by atoms with Gasteiger partial charge < -0.3 is 15.4 Å². The Morgan fingerprint density at radius 2 is 1.68 bits per heavy atom. The van der Waals surface area contributed by atoms with Crippen LogP contribution in [0.3, 0.4) is 0 Å². The van der Waals surface area contributed by atoms with E-state index in [2.05, 4.69) is 56.9 Å². The van der Waals surface area contributed by atoms with Gasteiger partial charge in [-0.2, -0.15) is 0 Å². The number of para-hydroxylation sites is 1. The molecule has 1 fully saturated rings. The zero-order valence-electron chi connectivity index (χ0n) is 12.6. The first-order chi connectivity index (χ1) is 8.83. The van der Waals surface area contributed by atoms with Crippen LogP contribution >= 0.6 is 0 Å². The molecule has 2 N–H and O–H groups in total. The predicted molar refractivity (Wildman–Crippen MR) is 80.7 cm³/mol. The second kappa shape index (κ2) is 5.14. The number of ether oxygens (including phenoxy) is 1. The average molecular weight is 262 g/mol. The van der Waals surface area contributed by atoms with Crippen molar-refractivity contribution in [2.75, 3.05) is 24.5 Å². The number of nitrogens with two attached hydrogens (primary N) is 1. The van der Waals surface area contributed by atoms with Crippen LogP contribution in [-0.2, 0) is 11.2 Å². The molecule has 0 atom stereocenters. The third-order valence-corrected chi connectivity index (χ3v) is 3.44. The molecule has 1 aliphatic heterocycles. The predicted octanol–water partition coefficient (Wildman–Crippen LogP) is 2.58. The zero-order chi connectivity index (χ0) is 14.1. The van der Waals surface area contributed by atoms with Crippen molar-refractivity contribution >= 4 is 5.69 Å². The summed E-state index contributed by atoms with van der Waals surface area (Å²) in [6, 6.07) is 8.57. The number of benzene rings is 1. The minimum Gasteiger partial charge on any atom is -0.366 e. The van der Waals surface area contributed by atoms with Gasteiger partial charge in [0.15, 0.2) is 0 Å². The summed E-state index contributed by atoms with van der Waals surface area (Å²) in [5.41, 5.74) is 8.10. The fourth-order valence-corrected chi connectivity index (χ4v) is 3.14. The molecule has 2 rings (SSSR count). The standard InChI is InChI=1S/C16H26N2O/c1-15(2)11-18(12-16(3,4)19-15)14-8-6-5-7-13(14)9-10-17/h5-8H,9-12,17H2,1-4H3. The Morgan fingerprint density at radius 1 is 1.11 bits per heavy atom. The van der Waals surface area contributed by atoms with Gasteiger partial charge >= 0.3 is 0 Å². The fraction of sp³-hybridized carbons (Fsp3) is 0.625. The number of hydrogen-bond acceptors (Lipinski definition) is 3. The Hall–Kier alpha value is -1.06. The number of morpholine rings is 1. The number of hydrogen-bond donors (Lipinski definition) is 1. The number of nitrogens with zero attached hydrogens (tertiary/aromatic N) is 1. The Bertz CT molecular complexity index is 424. The minimum absolute atomic E-state index is 0.127. The third-order valence-electron chi connectivity index (χ3n) is 3.44. The molecule has 1 saturated heterocycles. The van der Waals surface area contributed by atoms with E-state index in [4.69, 9.17) is 10.5 Å². The van der Waals surface area contributed by atoms with Crippen molar-refractivity contribution in [3.05, 3.63) is 29.8 Å². The van der Waals surface area contributed by atoms with Crippen molar-refractivity contribution in [3.63, 3.8) is 0 Å². The van der Waals surface area contributed by atoms with E-state index in [0.717, 1.165) is 19.5 Å². The highest BCUT2D eigenvalue weighted by atomic mass is 16.5. The summed E-state index contributed by atoms with van der Waals surface area (Å²) >= 11 is 0. The van der Waals surface area contributed by atoms with Crippen LogP contribution in [0, 0.1) is 0 Å². The van der Waals surface area contributed by atoms with Crippen LogP contribution in [0.4, 0.5) is 5.69 Å². The maximum absolute atomic E-state index is 6.15. The Balaban J connectivity index is 2.30. The summed E-state index contributed by atoms with van der Waals surface area (Å²) in [4.78, 5) is 2.44. The van der Waals surface area contributed by atoms with Gasteiger partial charge in [0.05, 0.1) is 11.2 Å². The molecule has 3 heteroatoms. The van der Waals surface area contributed by atoms with E-state index in [1.165, 1.54) is 11.3 Å². The second-order valence-corrected chi connectivity index (χ2v) is 6.64. The lowest BCUT2D eigenvalue weighted by Crippen LogP contribution is -2.57. The zero-order valence-corrected chi connectivity index (χ0v) is 12.6. The highest BCUT2D eigenvalue weighted by molar-refractivity contribution is 5.54. The first-order valence-corrected chi connectivity index (χ1v) is 7.06. The Morgan fingerprint density at radius 3 is 2.26 bits per heavy atom. The monoisotopic (exact) mass is 262 g/mol. The highest BCUT2D eigenvalue weighted by Crippen LogP contribution is 2.32. The second-order valence-electron chi connectivity index (χ2n) is 6.64. The van der Waals surface area contributed by atoms with Gasteiger partial charge in [-0.3, -0.25) is 0 Å². The van der Waals surface area contributed by atoms with Gasteiger partial charge in [0.1, 0.15) is 0 Å². The van der Waals surface area contributed by atoms with Crippen LogP contribution in [-0.4, -0.2) is 30.8 Å². The number of anilines is 1. The van der Waals surface area contributed by atoms with Crippen molar-refractivity contribution in [3.8, 4) is 0 Å². The van der Waals surface area contributed by atoms with E-state index in [-0.39, 0.29) is 11.2 Å². The van der Waals surface area contributed by atoms with Crippen molar-refractivity contribution in [2.24, 2.45) is 5.73 Å². The molecule has 0 aliphatic carbocycles. The minimum atomic E-state index is -0.127. The van der Waals surface area contributed by atoms with Crippen LogP contribution < -0.4 is 10.6 Å². The van der Waals surface area contributed by atoms with E-state index in [9.17, 15) is 0 Å². The van der Waals surface area contributed by atoms with Crippen LogP contribution in [0.5, 0.6) is 0 Å². The molecule has 1 aromatic rings. The maximum Gasteiger partial charge on any atom is 0.0808 e. The van der Waals surface area contributed by atoms with Gasteiger partial charge in [0.2, 0.25) is 0 Å². The Kier molecular flexibility index (Phi) is 3.88. The van der Waals surface area contributed by atoms with Crippen LogP contribution in [0.25, 0.3) is 0 Å². The molecule has 1 aromatic carbocycles. The lowest BCUT2D eigenvalue weighted by Gasteiger charge is -2.48. The average Bonchev–Trinajstić information content (AvgIpc) is 2.26. The topological polar surface area (TPSA) is 38.5 Å². The van der Waals surface area contributed by atoms with Crippen LogP contribution in [0.2, 0.25) is 0 Å². The van der Waals surface area contributed by atoms with Crippen LogP contribution in [0.15, 0.2) is 24.3 Å². The molecule has 0 amide bonds. The molecule has 1 heterocycles. The Labute approximate surface area is 116 Å². The first kappa shape index (κ1) is 14.4. The third kappa shape index (κ3) is 3.48. The molecule has 0 bridgehead atoms. The van der Waals surface area contributed by atoms with Gasteiger partial charge in [-0.25, -0.2) is 0 Å². The molecular weight excluding hydrogens is 236 g/mol. The van der Waals surface area contributed by atoms with E-state index in [1.54, 1.807) is 0 Å².